The number of aryl methyl sites for hydroxylation is 1. The van der Waals surface area contributed by atoms with Crippen molar-refractivity contribution in [3.05, 3.63) is 123 Å². The highest BCUT2D eigenvalue weighted by molar-refractivity contribution is 7.17. The molecule has 0 unspecified atom stereocenters. The molecule has 3 aromatic heterocycles. The third-order valence-corrected chi connectivity index (χ3v) is 8.32. The van der Waals surface area contributed by atoms with E-state index in [-0.39, 0.29) is 28.8 Å². The lowest BCUT2D eigenvalue weighted by Gasteiger charge is -2.23. The normalized spacial score (nSPS) is 12.2. The first-order chi connectivity index (χ1) is 20.3. The summed E-state index contributed by atoms with van der Waals surface area (Å²) in [7, 11) is 1.48. The maximum Gasteiger partial charge on any atom is 0.276 e. The number of methoxy groups -OCH3 is 1. The summed E-state index contributed by atoms with van der Waals surface area (Å²) in [5, 5.41) is 2.71. The van der Waals surface area contributed by atoms with Crippen LogP contribution >= 0.6 is 11.3 Å². The number of rotatable bonds is 5. The number of carbonyl (C=O) groups excluding carboxylic acids is 2. The second-order valence-corrected chi connectivity index (χ2v) is 10.8. The van der Waals surface area contributed by atoms with Crippen LogP contribution in [-0.4, -0.2) is 35.0 Å². The molecule has 1 N–H and O–H groups in total. The lowest BCUT2D eigenvalue weighted by molar-refractivity contribution is 0.0981. The van der Waals surface area contributed by atoms with Gasteiger partial charge in [-0.2, -0.15) is 0 Å². The predicted octanol–water partition coefficient (Wildman–Crippen LogP) is 5.87. The van der Waals surface area contributed by atoms with Gasteiger partial charge in [-0.1, -0.05) is 36.4 Å². The molecule has 0 bridgehead atoms. The SMILES string of the molecule is COc1ccn(-c2cccc(C(=O)N3CCc4cc(C(=O)Nc5c(C)cccc5F)sc4-c4ccccc43)n2)c(=O)c1. The Hall–Kier alpha value is -5.09. The summed E-state index contributed by atoms with van der Waals surface area (Å²) in [6, 6.07) is 22.0. The van der Waals surface area contributed by atoms with Gasteiger partial charge in [0.05, 0.1) is 23.4 Å². The van der Waals surface area contributed by atoms with Gasteiger partial charge in [0.1, 0.15) is 23.1 Å². The molecule has 0 aliphatic carbocycles. The van der Waals surface area contributed by atoms with Crippen LogP contribution in [0.1, 0.15) is 31.3 Å². The van der Waals surface area contributed by atoms with Crippen molar-refractivity contribution in [3.8, 4) is 22.0 Å². The van der Waals surface area contributed by atoms with Crippen LogP contribution in [0.5, 0.6) is 5.75 Å². The van der Waals surface area contributed by atoms with Gasteiger partial charge in [-0.05, 0) is 60.9 Å². The highest BCUT2D eigenvalue weighted by atomic mass is 32.1. The second-order valence-electron chi connectivity index (χ2n) is 9.73. The molecule has 8 nitrogen and oxygen atoms in total. The zero-order chi connectivity index (χ0) is 29.4. The molecule has 1 aliphatic rings. The molecular formula is C32H25FN4O4S. The molecule has 42 heavy (non-hydrogen) atoms. The van der Waals surface area contributed by atoms with Gasteiger partial charge in [-0.25, -0.2) is 9.37 Å². The molecule has 0 saturated heterocycles. The molecule has 210 valence electrons. The number of para-hydroxylation sites is 2. The van der Waals surface area contributed by atoms with Crippen LogP contribution < -0.4 is 20.5 Å². The number of nitrogens with one attached hydrogen (secondary N) is 1. The van der Waals surface area contributed by atoms with E-state index in [0.717, 1.165) is 16.0 Å². The smallest absolute Gasteiger partial charge is 0.276 e. The van der Waals surface area contributed by atoms with Crippen LogP contribution in [0.2, 0.25) is 0 Å². The largest absolute Gasteiger partial charge is 0.497 e. The Bertz CT molecular complexity index is 1890. The molecular weight excluding hydrogens is 555 g/mol. The van der Waals surface area contributed by atoms with Crippen molar-refractivity contribution in [1.29, 1.82) is 0 Å². The maximum atomic E-state index is 14.4. The molecule has 1 aliphatic heterocycles. The fourth-order valence-corrected chi connectivity index (χ4v) is 6.12. The Morgan fingerprint density at radius 1 is 1.02 bits per heavy atom. The number of fused-ring (bicyclic) bond motifs is 3. The van der Waals surface area contributed by atoms with Crippen molar-refractivity contribution < 1.29 is 18.7 Å². The number of benzene rings is 2. The van der Waals surface area contributed by atoms with Crippen molar-refractivity contribution in [1.82, 2.24) is 9.55 Å². The number of nitrogens with zero attached hydrogens (tertiary/aromatic N) is 3. The van der Waals surface area contributed by atoms with Crippen LogP contribution in [0.3, 0.4) is 0 Å². The van der Waals surface area contributed by atoms with Crippen LogP contribution in [0.15, 0.2) is 89.9 Å². The number of anilines is 2. The van der Waals surface area contributed by atoms with E-state index >= 15 is 0 Å². The molecule has 0 atom stereocenters. The molecule has 2 aromatic carbocycles. The van der Waals surface area contributed by atoms with Gasteiger partial charge >= 0.3 is 0 Å². The van der Waals surface area contributed by atoms with E-state index in [9.17, 15) is 18.8 Å². The minimum absolute atomic E-state index is 0.162. The van der Waals surface area contributed by atoms with Crippen molar-refractivity contribution >= 4 is 34.5 Å². The average molecular weight is 581 g/mol. The summed E-state index contributed by atoms with van der Waals surface area (Å²) in [4.78, 5) is 47.1. The number of hydrogen-bond donors (Lipinski definition) is 1. The van der Waals surface area contributed by atoms with Gasteiger partial charge in [-0.3, -0.25) is 19.0 Å². The van der Waals surface area contributed by atoms with E-state index in [0.29, 0.717) is 40.7 Å². The van der Waals surface area contributed by atoms with Gasteiger partial charge in [0, 0.05) is 29.2 Å². The van der Waals surface area contributed by atoms with Gasteiger partial charge in [-0.15, -0.1) is 11.3 Å². The topological polar surface area (TPSA) is 93.5 Å². The maximum absolute atomic E-state index is 14.4. The number of carbonyl (C=O) groups is 2. The van der Waals surface area contributed by atoms with Crippen molar-refractivity contribution in [3.63, 3.8) is 0 Å². The molecule has 4 heterocycles. The molecule has 5 aromatic rings. The number of halogens is 1. The monoisotopic (exact) mass is 580 g/mol. The van der Waals surface area contributed by atoms with Crippen molar-refractivity contribution in [2.45, 2.75) is 13.3 Å². The minimum Gasteiger partial charge on any atom is -0.497 e. The molecule has 0 saturated carbocycles. The van der Waals surface area contributed by atoms with E-state index in [1.54, 1.807) is 54.4 Å². The lowest BCUT2D eigenvalue weighted by Crippen LogP contribution is -2.33. The Kier molecular flexibility index (Phi) is 7.13. The van der Waals surface area contributed by atoms with Crippen LogP contribution in [0.25, 0.3) is 16.3 Å². The molecule has 6 rings (SSSR count). The van der Waals surface area contributed by atoms with E-state index < -0.39 is 5.82 Å². The summed E-state index contributed by atoms with van der Waals surface area (Å²) < 4.78 is 20.8. The highest BCUT2D eigenvalue weighted by Gasteiger charge is 2.28. The summed E-state index contributed by atoms with van der Waals surface area (Å²) >= 11 is 1.31. The number of amides is 2. The minimum atomic E-state index is -0.490. The lowest BCUT2D eigenvalue weighted by atomic mass is 10.1. The number of aromatic nitrogens is 2. The number of hydrogen-bond acceptors (Lipinski definition) is 6. The van der Waals surface area contributed by atoms with Gasteiger partial charge < -0.3 is 15.0 Å². The molecule has 2 amide bonds. The first kappa shape index (κ1) is 27.1. The second kappa shape index (κ2) is 11.1. The molecule has 0 radical (unpaired) electrons. The first-order valence-corrected chi connectivity index (χ1v) is 14.0. The van der Waals surface area contributed by atoms with E-state index in [1.165, 1.54) is 35.1 Å². The van der Waals surface area contributed by atoms with Crippen LogP contribution in [-0.2, 0) is 6.42 Å². The summed E-state index contributed by atoms with van der Waals surface area (Å²) in [6.45, 7) is 2.09. The number of pyridine rings is 2. The first-order valence-electron chi connectivity index (χ1n) is 13.2. The van der Waals surface area contributed by atoms with Crippen LogP contribution in [0, 0.1) is 12.7 Å². The summed E-state index contributed by atoms with van der Waals surface area (Å²) in [5.74, 6) is -0.442. The van der Waals surface area contributed by atoms with Gasteiger partial charge in [0.2, 0.25) is 0 Å². The Labute approximate surface area is 244 Å². The predicted molar refractivity (Wildman–Crippen MR) is 161 cm³/mol. The Balaban J connectivity index is 1.31. The average Bonchev–Trinajstić information content (AvgIpc) is 3.37. The summed E-state index contributed by atoms with van der Waals surface area (Å²) in [5.41, 5.74) is 3.08. The highest BCUT2D eigenvalue weighted by Crippen LogP contribution is 2.42. The number of thiophene rings is 1. The van der Waals surface area contributed by atoms with E-state index in [4.69, 9.17) is 4.74 Å². The Morgan fingerprint density at radius 2 is 1.83 bits per heavy atom. The van der Waals surface area contributed by atoms with E-state index in [2.05, 4.69) is 10.3 Å². The Morgan fingerprint density at radius 3 is 2.62 bits per heavy atom. The molecule has 10 heteroatoms. The quantitative estimate of drug-likeness (QED) is 0.281. The fourth-order valence-electron chi connectivity index (χ4n) is 4.98. The fraction of sp³-hybridized carbons (Fsp3) is 0.125. The third-order valence-electron chi connectivity index (χ3n) is 7.11. The molecule has 0 spiro atoms. The summed E-state index contributed by atoms with van der Waals surface area (Å²) in [6.07, 6.45) is 2.05. The number of ether oxygens (including phenoxy) is 1. The van der Waals surface area contributed by atoms with Gasteiger partial charge in [0.25, 0.3) is 17.4 Å². The van der Waals surface area contributed by atoms with Gasteiger partial charge in [0.15, 0.2) is 0 Å². The van der Waals surface area contributed by atoms with Crippen LogP contribution in [0.4, 0.5) is 15.8 Å². The molecule has 0 fully saturated rings. The zero-order valence-corrected chi connectivity index (χ0v) is 23.6. The third kappa shape index (κ3) is 4.97. The van der Waals surface area contributed by atoms with Crippen molar-refractivity contribution in [2.24, 2.45) is 0 Å². The van der Waals surface area contributed by atoms with E-state index in [1.807, 2.05) is 30.3 Å². The zero-order valence-electron chi connectivity index (χ0n) is 22.8. The standard InChI is InChI=1S/C32H25FN4O4S/c1-19-7-5-9-23(33)29(19)35-31(39)26-17-20-13-15-36(25-11-4-3-8-22(25)30(20)42-26)32(40)24-10-6-12-27(34-24)37-16-14-21(41-2)18-28(37)38/h3-12,14,16-18H,13,15H2,1-2H3,(H,35,39). The van der Waals surface area contributed by atoms with Crippen molar-refractivity contribution in [2.75, 3.05) is 23.9 Å².